The average Bonchev–Trinajstić information content (AvgIpc) is 3.03. The second kappa shape index (κ2) is 23.4. The van der Waals surface area contributed by atoms with Crippen LogP contribution in [0.3, 0.4) is 0 Å². The quantitative estimate of drug-likeness (QED) is 0.0823. The van der Waals surface area contributed by atoms with Gasteiger partial charge in [-0.25, -0.2) is 9.59 Å². The van der Waals surface area contributed by atoms with Crippen LogP contribution in [0.15, 0.2) is 48.5 Å². The Morgan fingerprint density at radius 2 is 0.773 bits per heavy atom. The van der Waals surface area contributed by atoms with Crippen molar-refractivity contribution in [2.24, 2.45) is 0 Å². The summed E-state index contributed by atoms with van der Waals surface area (Å²) in [7, 11) is 0. The Balaban J connectivity index is 1.63. The SMILES string of the molecule is CCCCCCCCCCOc1ccc(C(=O)OC(C)C(C)OC(=O)c2ccc(OCCCCCCCCCC)cc2)cc1. The van der Waals surface area contributed by atoms with Crippen molar-refractivity contribution in [3.63, 3.8) is 0 Å². The molecule has 2 unspecified atom stereocenters. The molecule has 2 atom stereocenters. The van der Waals surface area contributed by atoms with Gasteiger partial charge in [-0.2, -0.15) is 0 Å². The number of carbonyl (C=O) groups is 2. The normalized spacial score (nSPS) is 12.4. The first-order chi connectivity index (χ1) is 21.4. The maximum Gasteiger partial charge on any atom is 0.338 e. The Labute approximate surface area is 267 Å². The molecule has 0 amide bonds. The lowest BCUT2D eigenvalue weighted by atomic mass is 10.1. The molecule has 0 spiro atoms. The van der Waals surface area contributed by atoms with E-state index in [1.807, 2.05) is 0 Å². The number of unbranched alkanes of at least 4 members (excludes halogenated alkanes) is 14. The van der Waals surface area contributed by atoms with Gasteiger partial charge in [0.05, 0.1) is 24.3 Å². The zero-order valence-corrected chi connectivity index (χ0v) is 28.0. The van der Waals surface area contributed by atoms with Crippen LogP contribution in [0.4, 0.5) is 0 Å². The Morgan fingerprint density at radius 1 is 0.477 bits per heavy atom. The third-order valence-corrected chi connectivity index (χ3v) is 7.96. The van der Waals surface area contributed by atoms with E-state index in [4.69, 9.17) is 18.9 Å². The molecule has 2 aromatic rings. The molecule has 2 aromatic carbocycles. The predicted molar refractivity (Wildman–Crippen MR) is 179 cm³/mol. The van der Waals surface area contributed by atoms with Crippen molar-refractivity contribution in [3.8, 4) is 11.5 Å². The summed E-state index contributed by atoms with van der Waals surface area (Å²) in [6.45, 7) is 9.27. The van der Waals surface area contributed by atoms with Gasteiger partial charge in [0.2, 0.25) is 0 Å². The van der Waals surface area contributed by atoms with Gasteiger partial charge in [0.1, 0.15) is 23.7 Å². The molecule has 0 heterocycles. The molecule has 0 fully saturated rings. The van der Waals surface area contributed by atoms with E-state index in [2.05, 4.69) is 13.8 Å². The van der Waals surface area contributed by atoms with Crippen molar-refractivity contribution in [3.05, 3.63) is 59.7 Å². The summed E-state index contributed by atoms with van der Waals surface area (Å²) >= 11 is 0. The third kappa shape index (κ3) is 16.2. The van der Waals surface area contributed by atoms with Crippen molar-refractivity contribution < 1.29 is 28.5 Å². The number of hydrogen-bond donors (Lipinski definition) is 0. The lowest BCUT2D eigenvalue weighted by molar-refractivity contribution is -0.0239. The van der Waals surface area contributed by atoms with Crippen LogP contribution in [0.1, 0.15) is 151 Å². The number of hydrogen-bond acceptors (Lipinski definition) is 6. The number of esters is 2. The van der Waals surface area contributed by atoms with Crippen LogP contribution >= 0.6 is 0 Å². The zero-order chi connectivity index (χ0) is 31.8. The minimum atomic E-state index is -0.612. The number of rotatable bonds is 25. The molecule has 0 saturated heterocycles. The zero-order valence-electron chi connectivity index (χ0n) is 28.0. The third-order valence-electron chi connectivity index (χ3n) is 7.96. The van der Waals surface area contributed by atoms with Crippen LogP contribution in [0.25, 0.3) is 0 Å². The fourth-order valence-corrected chi connectivity index (χ4v) is 4.89. The van der Waals surface area contributed by atoms with Crippen molar-refractivity contribution in [2.45, 2.75) is 143 Å². The molecule has 44 heavy (non-hydrogen) atoms. The standard InChI is InChI=1S/C38H58O6/c1-5-7-9-11-13-15-17-19-29-41-35-25-21-33(22-26-35)37(39)43-31(3)32(4)44-38(40)34-23-27-36(28-24-34)42-30-20-18-16-14-12-10-8-6-2/h21-28,31-32H,5-20,29-30H2,1-4H3. The highest BCUT2D eigenvalue weighted by molar-refractivity contribution is 5.90. The van der Waals surface area contributed by atoms with E-state index in [0.29, 0.717) is 24.3 Å². The summed E-state index contributed by atoms with van der Waals surface area (Å²) in [5.41, 5.74) is 0.856. The van der Waals surface area contributed by atoms with E-state index >= 15 is 0 Å². The molecule has 0 aliphatic carbocycles. The van der Waals surface area contributed by atoms with Crippen molar-refractivity contribution in [2.75, 3.05) is 13.2 Å². The van der Waals surface area contributed by atoms with Gasteiger partial charge in [0.25, 0.3) is 0 Å². The molecule has 6 heteroatoms. The lowest BCUT2D eigenvalue weighted by Gasteiger charge is -2.21. The molecule has 0 aliphatic rings. The van der Waals surface area contributed by atoms with E-state index in [1.165, 1.54) is 89.9 Å². The first-order valence-corrected chi connectivity index (χ1v) is 17.3. The molecule has 0 N–H and O–H groups in total. The predicted octanol–water partition coefficient (Wildman–Crippen LogP) is 10.5. The second-order valence-corrected chi connectivity index (χ2v) is 11.9. The van der Waals surface area contributed by atoms with Gasteiger partial charge >= 0.3 is 11.9 Å². The summed E-state index contributed by atoms with van der Waals surface area (Å²) in [6.07, 6.45) is 18.9. The Hall–Kier alpha value is -3.02. The first kappa shape index (κ1) is 37.2. The number of benzene rings is 2. The molecule has 0 radical (unpaired) electrons. The van der Waals surface area contributed by atoms with Gasteiger partial charge < -0.3 is 18.9 Å². The molecule has 0 saturated carbocycles. The summed E-state index contributed by atoms with van der Waals surface area (Å²) in [5.74, 6) is 0.551. The monoisotopic (exact) mass is 610 g/mol. The molecule has 6 nitrogen and oxygen atoms in total. The summed E-state index contributed by atoms with van der Waals surface area (Å²) in [6, 6.07) is 14.0. The van der Waals surface area contributed by atoms with Gasteiger partial charge in [-0.05, 0) is 75.2 Å². The molecular weight excluding hydrogens is 552 g/mol. The van der Waals surface area contributed by atoms with Crippen LogP contribution in [0, 0.1) is 0 Å². The van der Waals surface area contributed by atoms with Gasteiger partial charge in [-0.3, -0.25) is 0 Å². The Morgan fingerprint density at radius 3 is 1.09 bits per heavy atom. The van der Waals surface area contributed by atoms with Gasteiger partial charge in [0, 0.05) is 0 Å². The number of carbonyl (C=O) groups excluding carboxylic acids is 2. The van der Waals surface area contributed by atoms with Crippen LogP contribution in [0.2, 0.25) is 0 Å². The van der Waals surface area contributed by atoms with Gasteiger partial charge in [-0.15, -0.1) is 0 Å². The van der Waals surface area contributed by atoms with Crippen LogP contribution < -0.4 is 9.47 Å². The molecule has 2 rings (SSSR count). The second-order valence-electron chi connectivity index (χ2n) is 11.9. The average molecular weight is 611 g/mol. The van der Waals surface area contributed by atoms with Crippen LogP contribution in [0.5, 0.6) is 11.5 Å². The Bertz CT molecular complexity index is 933. The van der Waals surface area contributed by atoms with E-state index in [-0.39, 0.29) is 0 Å². The maximum atomic E-state index is 12.7. The smallest absolute Gasteiger partial charge is 0.338 e. The molecule has 0 aliphatic heterocycles. The fourth-order valence-electron chi connectivity index (χ4n) is 4.89. The van der Waals surface area contributed by atoms with Crippen molar-refractivity contribution in [1.82, 2.24) is 0 Å². The highest BCUT2D eigenvalue weighted by Crippen LogP contribution is 2.18. The van der Waals surface area contributed by atoms with Gasteiger partial charge in [0.15, 0.2) is 0 Å². The molecular formula is C38H58O6. The van der Waals surface area contributed by atoms with Crippen molar-refractivity contribution >= 4 is 11.9 Å². The maximum absolute atomic E-state index is 12.7. The van der Waals surface area contributed by atoms with E-state index < -0.39 is 24.1 Å². The molecule has 246 valence electrons. The summed E-state index contributed by atoms with van der Waals surface area (Å²) in [5, 5.41) is 0. The highest BCUT2D eigenvalue weighted by atomic mass is 16.6. The summed E-state index contributed by atoms with van der Waals surface area (Å²) < 4.78 is 22.8. The van der Waals surface area contributed by atoms with Crippen LogP contribution in [-0.2, 0) is 9.47 Å². The topological polar surface area (TPSA) is 71.1 Å². The fraction of sp³-hybridized carbons (Fsp3) is 0.632. The lowest BCUT2D eigenvalue weighted by Crippen LogP contribution is -2.30. The minimum absolute atomic E-state index is 0.428. The largest absolute Gasteiger partial charge is 0.494 e. The Kier molecular flexibility index (Phi) is 19.7. The molecule has 0 aromatic heterocycles. The minimum Gasteiger partial charge on any atom is -0.494 e. The van der Waals surface area contributed by atoms with Gasteiger partial charge in [-0.1, -0.05) is 104 Å². The summed E-state index contributed by atoms with van der Waals surface area (Å²) in [4.78, 5) is 25.3. The molecule has 0 bridgehead atoms. The van der Waals surface area contributed by atoms with E-state index in [0.717, 1.165) is 24.3 Å². The number of ether oxygens (including phenoxy) is 4. The van der Waals surface area contributed by atoms with Crippen LogP contribution in [-0.4, -0.2) is 37.4 Å². The first-order valence-electron chi connectivity index (χ1n) is 17.3. The van der Waals surface area contributed by atoms with E-state index in [9.17, 15) is 9.59 Å². The van der Waals surface area contributed by atoms with E-state index in [1.54, 1.807) is 62.4 Å². The van der Waals surface area contributed by atoms with Crippen molar-refractivity contribution in [1.29, 1.82) is 0 Å². The highest BCUT2D eigenvalue weighted by Gasteiger charge is 2.22.